The predicted octanol–water partition coefficient (Wildman–Crippen LogP) is 0.916. The number of anilines is 1. The normalized spacial score (nSPS) is 10.8. The van der Waals surface area contributed by atoms with E-state index >= 15 is 0 Å². The third-order valence-electron chi connectivity index (χ3n) is 1.37. The highest BCUT2D eigenvalue weighted by atomic mass is 35.5. The van der Waals surface area contributed by atoms with Crippen molar-refractivity contribution >= 4 is 23.3 Å². The predicted molar refractivity (Wildman–Crippen MR) is 48.6 cm³/mol. The zero-order chi connectivity index (χ0) is 9.84. The number of aromatic nitrogens is 2. The van der Waals surface area contributed by atoms with Gasteiger partial charge in [0.25, 0.3) is 0 Å². The van der Waals surface area contributed by atoms with Crippen LogP contribution in [-0.4, -0.2) is 20.9 Å². The largest absolute Gasteiger partial charge is 0.476 e. The van der Waals surface area contributed by atoms with Gasteiger partial charge in [-0.2, -0.15) is 5.10 Å². The molecule has 1 rings (SSSR count). The number of carboxylic acids is 1. The highest BCUT2D eigenvalue weighted by Gasteiger charge is 2.11. The van der Waals surface area contributed by atoms with Gasteiger partial charge in [-0.1, -0.05) is 17.7 Å². The Morgan fingerprint density at radius 1 is 1.85 bits per heavy atom. The molecule has 5 nitrogen and oxygen atoms in total. The average Bonchev–Trinajstić information content (AvgIpc) is 2.43. The number of carbonyl (C=O) groups is 1. The molecule has 3 N–H and O–H groups in total. The van der Waals surface area contributed by atoms with Gasteiger partial charge in [0.1, 0.15) is 0 Å². The minimum Gasteiger partial charge on any atom is -0.476 e. The minimum atomic E-state index is -1.13. The molecular formula is C7H8ClN3O2. The molecule has 70 valence electrons. The summed E-state index contributed by atoms with van der Waals surface area (Å²) in [7, 11) is 0. The molecule has 0 aliphatic heterocycles. The van der Waals surface area contributed by atoms with Gasteiger partial charge in [-0.05, 0) is 0 Å². The molecule has 0 aliphatic rings. The molecule has 0 unspecified atom stereocenters. The van der Waals surface area contributed by atoms with Crippen molar-refractivity contribution in [3.05, 3.63) is 23.5 Å². The van der Waals surface area contributed by atoms with Crippen molar-refractivity contribution in [3.63, 3.8) is 0 Å². The van der Waals surface area contributed by atoms with Crippen LogP contribution in [0.2, 0.25) is 0 Å². The number of nitrogen functional groups attached to an aromatic ring is 1. The lowest BCUT2D eigenvalue weighted by atomic mass is 10.4. The number of carboxylic acid groups (broad SMARTS) is 1. The van der Waals surface area contributed by atoms with E-state index in [1.165, 1.54) is 16.4 Å². The maximum atomic E-state index is 10.5. The van der Waals surface area contributed by atoms with Crippen LogP contribution in [0.15, 0.2) is 17.8 Å². The third kappa shape index (κ3) is 2.22. The maximum Gasteiger partial charge on any atom is 0.358 e. The first-order valence-electron chi connectivity index (χ1n) is 3.46. The molecule has 0 atom stereocenters. The Bertz CT molecular complexity index is 346. The van der Waals surface area contributed by atoms with Gasteiger partial charge in [0.05, 0.1) is 12.2 Å². The molecular weight excluding hydrogens is 194 g/mol. The second kappa shape index (κ2) is 3.95. The van der Waals surface area contributed by atoms with Crippen LogP contribution in [0, 0.1) is 0 Å². The van der Waals surface area contributed by atoms with E-state index in [0.717, 1.165) is 0 Å². The number of halogens is 1. The third-order valence-corrected chi connectivity index (χ3v) is 1.55. The van der Waals surface area contributed by atoms with Crippen molar-refractivity contribution in [3.8, 4) is 0 Å². The van der Waals surface area contributed by atoms with Gasteiger partial charge < -0.3 is 10.8 Å². The number of aromatic carboxylic acids is 1. The van der Waals surface area contributed by atoms with Crippen LogP contribution in [0.1, 0.15) is 10.5 Å². The molecule has 0 aliphatic carbocycles. The van der Waals surface area contributed by atoms with Crippen molar-refractivity contribution in [2.24, 2.45) is 0 Å². The molecule has 0 saturated heterocycles. The van der Waals surface area contributed by atoms with Crippen molar-refractivity contribution in [2.75, 3.05) is 5.73 Å². The monoisotopic (exact) mass is 201 g/mol. The van der Waals surface area contributed by atoms with Gasteiger partial charge in [0.15, 0.2) is 5.69 Å². The number of hydrogen-bond donors (Lipinski definition) is 2. The highest BCUT2D eigenvalue weighted by molar-refractivity contribution is 6.25. The van der Waals surface area contributed by atoms with Crippen LogP contribution in [-0.2, 0) is 6.54 Å². The molecule has 1 aromatic rings. The van der Waals surface area contributed by atoms with Gasteiger partial charge in [-0.3, -0.25) is 4.68 Å². The number of nitrogens with two attached hydrogens (primary N) is 1. The first kappa shape index (κ1) is 9.60. The molecule has 13 heavy (non-hydrogen) atoms. The Kier molecular flexibility index (Phi) is 2.92. The minimum absolute atomic E-state index is 0.136. The fourth-order valence-electron chi connectivity index (χ4n) is 0.844. The molecule has 0 fully saturated rings. The van der Waals surface area contributed by atoms with E-state index in [9.17, 15) is 4.79 Å². The lowest BCUT2D eigenvalue weighted by Gasteiger charge is -1.91. The SMILES string of the molecule is Nc1cn(C/C=C/Cl)nc1C(=O)O. The summed E-state index contributed by atoms with van der Waals surface area (Å²) in [5.74, 6) is -1.13. The summed E-state index contributed by atoms with van der Waals surface area (Å²) >= 11 is 5.29. The standard InChI is InChI=1S/C7H8ClN3O2/c8-2-1-3-11-4-5(9)6(10-11)7(12)13/h1-2,4H,3,9H2,(H,12,13)/b2-1+. The van der Waals surface area contributed by atoms with Gasteiger partial charge in [0.2, 0.25) is 0 Å². The van der Waals surface area contributed by atoms with Crippen molar-refractivity contribution in [2.45, 2.75) is 6.54 Å². The second-order valence-corrected chi connectivity index (χ2v) is 2.57. The molecule has 0 bridgehead atoms. The van der Waals surface area contributed by atoms with Crippen LogP contribution in [0.4, 0.5) is 5.69 Å². The van der Waals surface area contributed by atoms with E-state index in [1.807, 2.05) is 0 Å². The lowest BCUT2D eigenvalue weighted by molar-refractivity contribution is 0.0690. The first-order valence-corrected chi connectivity index (χ1v) is 3.90. The fraction of sp³-hybridized carbons (Fsp3) is 0.143. The highest BCUT2D eigenvalue weighted by Crippen LogP contribution is 2.08. The molecule has 0 spiro atoms. The smallest absolute Gasteiger partial charge is 0.358 e. The van der Waals surface area contributed by atoms with E-state index in [4.69, 9.17) is 22.4 Å². The molecule has 0 saturated carbocycles. The number of rotatable bonds is 3. The summed E-state index contributed by atoms with van der Waals surface area (Å²) in [5, 5.41) is 12.3. The zero-order valence-corrected chi connectivity index (χ0v) is 7.40. The molecule has 1 aromatic heterocycles. The van der Waals surface area contributed by atoms with Crippen molar-refractivity contribution in [1.82, 2.24) is 9.78 Å². The zero-order valence-electron chi connectivity index (χ0n) is 6.64. The summed E-state index contributed by atoms with van der Waals surface area (Å²) in [6.45, 7) is 0.404. The van der Waals surface area contributed by atoms with E-state index < -0.39 is 5.97 Å². The van der Waals surface area contributed by atoms with E-state index in [1.54, 1.807) is 6.08 Å². The van der Waals surface area contributed by atoms with E-state index in [-0.39, 0.29) is 11.4 Å². The Balaban J connectivity index is 2.88. The van der Waals surface area contributed by atoms with Crippen molar-refractivity contribution in [1.29, 1.82) is 0 Å². The lowest BCUT2D eigenvalue weighted by Crippen LogP contribution is -2.02. The Morgan fingerprint density at radius 2 is 2.54 bits per heavy atom. The number of allylic oxidation sites excluding steroid dienone is 1. The van der Waals surface area contributed by atoms with Crippen molar-refractivity contribution < 1.29 is 9.90 Å². The van der Waals surface area contributed by atoms with E-state index in [2.05, 4.69) is 5.10 Å². The second-order valence-electron chi connectivity index (χ2n) is 2.32. The number of hydrogen-bond acceptors (Lipinski definition) is 3. The molecule has 0 radical (unpaired) electrons. The summed E-state index contributed by atoms with van der Waals surface area (Å²) < 4.78 is 1.40. The van der Waals surface area contributed by atoms with Crippen LogP contribution in [0.3, 0.4) is 0 Å². The Labute approximate surface area is 79.4 Å². The number of nitrogens with zero attached hydrogens (tertiary/aromatic N) is 2. The van der Waals surface area contributed by atoms with Gasteiger partial charge in [-0.25, -0.2) is 4.79 Å². The van der Waals surface area contributed by atoms with Crippen LogP contribution < -0.4 is 5.73 Å². The summed E-state index contributed by atoms with van der Waals surface area (Å²) in [5.41, 5.74) is 6.74. The van der Waals surface area contributed by atoms with Gasteiger partial charge in [-0.15, -0.1) is 0 Å². The quantitative estimate of drug-likeness (QED) is 0.762. The molecule has 0 aromatic carbocycles. The summed E-state index contributed by atoms with van der Waals surface area (Å²) in [6, 6.07) is 0. The van der Waals surface area contributed by atoms with Gasteiger partial charge >= 0.3 is 5.97 Å². The van der Waals surface area contributed by atoms with Crippen LogP contribution in [0.5, 0.6) is 0 Å². The van der Waals surface area contributed by atoms with E-state index in [0.29, 0.717) is 6.54 Å². The Hall–Kier alpha value is -1.49. The Morgan fingerprint density at radius 3 is 3.00 bits per heavy atom. The first-order chi connectivity index (χ1) is 6.15. The topological polar surface area (TPSA) is 81.1 Å². The average molecular weight is 202 g/mol. The molecule has 6 heteroatoms. The summed E-state index contributed by atoms with van der Waals surface area (Å²) in [6.07, 6.45) is 3.07. The molecule has 1 heterocycles. The maximum absolute atomic E-state index is 10.5. The van der Waals surface area contributed by atoms with Crippen LogP contribution in [0.25, 0.3) is 0 Å². The molecule has 0 amide bonds. The van der Waals surface area contributed by atoms with Gasteiger partial charge in [0, 0.05) is 11.7 Å². The summed E-state index contributed by atoms with van der Waals surface area (Å²) in [4.78, 5) is 10.5. The fourth-order valence-corrected chi connectivity index (χ4v) is 0.924. The van der Waals surface area contributed by atoms with Crippen LogP contribution >= 0.6 is 11.6 Å².